The number of carbonyl (C=O) groups excluding carboxylic acids is 2. The molecule has 29 heavy (non-hydrogen) atoms. The molecule has 0 aliphatic heterocycles. The highest BCUT2D eigenvalue weighted by molar-refractivity contribution is 7.17. The Morgan fingerprint density at radius 2 is 1.86 bits per heavy atom. The maximum atomic E-state index is 13.0. The van der Waals surface area contributed by atoms with Crippen LogP contribution in [0.2, 0.25) is 0 Å². The van der Waals surface area contributed by atoms with Gasteiger partial charge in [-0.05, 0) is 56.4 Å². The number of carboxylic acids is 1. The number of rotatable bonds is 6. The van der Waals surface area contributed by atoms with Crippen molar-refractivity contribution in [3.8, 4) is 0 Å². The SMILES string of the molecule is CC[C@@H]1CCc2c(sc(NC(=O)[C@H]3CC=CC[C@@H]3C(=O)O)c2C(=O)NC2CC2)C1. The molecule has 3 aliphatic rings. The first kappa shape index (κ1) is 20.1. The van der Waals surface area contributed by atoms with Gasteiger partial charge in [0.1, 0.15) is 5.00 Å². The van der Waals surface area contributed by atoms with Crippen molar-refractivity contribution in [3.05, 3.63) is 28.2 Å². The quantitative estimate of drug-likeness (QED) is 0.615. The Kier molecular flexibility index (Phi) is 5.76. The molecule has 1 fully saturated rings. The van der Waals surface area contributed by atoms with Gasteiger partial charge in [0.05, 0.1) is 17.4 Å². The Balaban J connectivity index is 1.61. The van der Waals surface area contributed by atoms with Gasteiger partial charge in [-0.25, -0.2) is 0 Å². The Bertz CT molecular complexity index is 855. The van der Waals surface area contributed by atoms with Gasteiger partial charge >= 0.3 is 5.97 Å². The smallest absolute Gasteiger partial charge is 0.307 e. The summed E-state index contributed by atoms with van der Waals surface area (Å²) >= 11 is 1.50. The molecule has 1 aromatic heterocycles. The van der Waals surface area contributed by atoms with Crippen LogP contribution in [-0.4, -0.2) is 28.9 Å². The van der Waals surface area contributed by atoms with Crippen molar-refractivity contribution in [2.75, 3.05) is 5.32 Å². The largest absolute Gasteiger partial charge is 0.481 e. The molecule has 4 rings (SSSR count). The van der Waals surface area contributed by atoms with E-state index in [1.807, 2.05) is 12.2 Å². The van der Waals surface area contributed by atoms with Crippen molar-refractivity contribution in [3.63, 3.8) is 0 Å². The normalized spacial score (nSPS) is 25.9. The van der Waals surface area contributed by atoms with Crippen LogP contribution in [-0.2, 0) is 22.4 Å². The van der Waals surface area contributed by atoms with Gasteiger partial charge in [0.2, 0.25) is 5.91 Å². The monoisotopic (exact) mass is 416 g/mol. The summed E-state index contributed by atoms with van der Waals surface area (Å²) in [6.07, 6.45) is 10.5. The predicted molar refractivity (Wildman–Crippen MR) is 112 cm³/mol. The molecule has 0 saturated heterocycles. The Morgan fingerprint density at radius 1 is 1.14 bits per heavy atom. The van der Waals surface area contributed by atoms with Gasteiger partial charge in [-0.2, -0.15) is 0 Å². The van der Waals surface area contributed by atoms with Crippen LogP contribution in [0.25, 0.3) is 0 Å². The van der Waals surface area contributed by atoms with E-state index >= 15 is 0 Å². The molecule has 2 amide bonds. The molecule has 1 aromatic rings. The molecule has 156 valence electrons. The summed E-state index contributed by atoms with van der Waals surface area (Å²) < 4.78 is 0. The Labute approximate surface area is 174 Å². The van der Waals surface area contributed by atoms with Crippen molar-refractivity contribution in [1.82, 2.24) is 5.32 Å². The van der Waals surface area contributed by atoms with Gasteiger partial charge in [0.15, 0.2) is 0 Å². The summed E-state index contributed by atoms with van der Waals surface area (Å²) in [4.78, 5) is 38.7. The highest BCUT2D eigenvalue weighted by Crippen LogP contribution is 2.41. The lowest BCUT2D eigenvalue weighted by Crippen LogP contribution is -2.35. The summed E-state index contributed by atoms with van der Waals surface area (Å²) in [7, 11) is 0. The second kappa shape index (κ2) is 8.30. The number of allylic oxidation sites excluding steroid dienone is 2. The molecular formula is C22H28N2O4S. The van der Waals surface area contributed by atoms with E-state index in [-0.39, 0.29) is 17.9 Å². The maximum Gasteiger partial charge on any atom is 0.307 e. The molecule has 0 radical (unpaired) electrons. The fraction of sp³-hybridized carbons (Fsp3) is 0.591. The molecule has 0 unspecified atom stereocenters. The molecule has 3 atom stereocenters. The lowest BCUT2D eigenvalue weighted by Gasteiger charge is -2.24. The van der Waals surface area contributed by atoms with Gasteiger partial charge in [-0.3, -0.25) is 14.4 Å². The zero-order chi connectivity index (χ0) is 20.5. The summed E-state index contributed by atoms with van der Waals surface area (Å²) in [5, 5.41) is 16.1. The molecule has 3 N–H and O–H groups in total. The molecule has 0 bridgehead atoms. The second-order valence-electron chi connectivity index (χ2n) is 8.46. The van der Waals surface area contributed by atoms with E-state index in [1.54, 1.807) is 0 Å². The van der Waals surface area contributed by atoms with Crippen LogP contribution in [0.15, 0.2) is 12.2 Å². The topological polar surface area (TPSA) is 95.5 Å². The minimum absolute atomic E-state index is 0.103. The van der Waals surface area contributed by atoms with Crippen LogP contribution in [0, 0.1) is 17.8 Å². The van der Waals surface area contributed by atoms with E-state index in [0.29, 0.717) is 29.3 Å². The summed E-state index contributed by atoms with van der Waals surface area (Å²) in [6.45, 7) is 2.19. The molecule has 3 aliphatic carbocycles. The van der Waals surface area contributed by atoms with Crippen molar-refractivity contribution < 1.29 is 19.5 Å². The lowest BCUT2D eigenvalue weighted by atomic mass is 9.82. The highest BCUT2D eigenvalue weighted by atomic mass is 32.1. The standard InChI is InChI=1S/C22H28N2O4S/c1-2-12-7-10-16-17(11-12)29-21(18(16)20(26)23-13-8-9-13)24-19(25)14-5-3-4-6-15(14)22(27)28/h3-4,12-15H,2,5-11H2,1H3,(H,23,26)(H,24,25)(H,27,28)/t12-,14+,15+/m1/s1. The van der Waals surface area contributed by atoms with Crippen molar-refractivity contribution >= 4 is 34.1 Å². The number of hydrogen-bond acceptors (Lipinski definition) is 4. The molecule has 6 nitrogen and oxygen atoms in total. The van der Waals surface area contributed by atoms with Gasteiger partial charge in [-0.15, -0.1) is 11.3 Å². The van der Waals surface area contributed by atoms with Crippen LogP contribution >= 0.6 is 11.3 Å². The zero-order valence-electron chi connectivity index (χ0n) is 16.7. The first-order valence-corrected chi connectivity index (χ1v) is 11.4. The van der Waals surface area contributed by atoms with Crippen LogP contribution in [0.3, 0.4) is 0 Å². The average molecular weight is 417 g/mol. The minimum atomic E-state index is -0.947. The number of anilines is 1. The molecule has 1 heterocycles. The lowest BCUT2D eigenvalue weighted by molar-refractivity contribution is -0.146. The van der Waals surface area contributed by atoms with Crippen LogP contribution < -0.4 is 10.6 Å². The van der Waals surface area contributed by atoms with Crippen molar-refractivity contribution in [1.29, 1.82) is 0 Å². The zero-order valence-corrected chi connectivity index (χ0v) is 17.5. The third-order valence-electron chi connectivity index (χ3n) is 6.41. The Morgan fingerprint density at radius 3 is 2.52 bits per heavy atom. The Hall–Kier alpha value is -2.15. The van der Waals surface area contributed by atoms with Gasteiger partial charge in [-0.1, -0.05) is 25.5 Å². The summed E-state index contributed by atoms with van der Waals surface area (Å²) in [6, 6.07) is 0.244. The fourth-order valence-electron chi connectivity index (χ4n) is 4.40. The first-order valence-electron chi connectivity index (χ1n) is 10.6. The maximum absolute atomic E-state index is 13.0. The number of carboxylic acid groups (broad SMARTS) is 1. The third kappa shape index (κ3) is 4.25. The minimum Gasteiger partial charge on any atom is -0.481 e. The molecular weight excluding hydrogens is 388 g/mol. The van der Waals surface area contributed by atoms with Crippen LogP contribution in [0.5, 0.6) is 0 Å². The molecule has 0 aromatic carbocycles. The number of nitrogens with one attached hydrogen (secondary N) is 2. The number of thiophene rings is 1. The van der Waals surface area contributed by atoms with Crippen molar-refractivity contribution in [2.24, 2.45) is 17.8 Å². The first-order chi connectivity index (χ1) is 14.0. The van der Waals surface area contributed by atoms with E-state index in [2.05, 4.69) is 17.6 Å². The predicted octanol–water partition coefficient (Wildman–Crippen LogP) is 3.76. The molecule has 7 heteroatoms. The molecule has 1 saturated carbocycles. The van der Waals surface area contributed by atoms with Gasteiger partial charge in [0.25, 0.3) is 5.91 Å². The number of fused-ring (bicyclic) bond motifs is 1. The van der Waals surface area contributed by atoms with Crippen LogP contribution in [0.4, 0.5) is 5.00 Å². The number of aliphatic carboxylic acids is 1. The average Bonchev–Trinajstić information content (AvgIpc) is 3.45. The van der Waals surface area contributed by atoms with E-state index in [1.165, 1.54) is 16.2 Å². The molecule has 0 spiro atoms. The van der Waals surface area contributed by atoms with E-state index < -0.39 is 17.8 Å². The van der Waals surface area contributed by atoms with Crippen LogP contribution in [0.1, 0.15) is 66.2 Å². The van der Waals surface area contributed by atoms with Gasteiger partial charge < -0.3 is 15.7 Å². The number of amides is 2. The van der Waals surface area contributed by atoms with E-state index in [9.17, 15) is 19.5 Å². The van der Waals surface area contributed by atoms with E-state index in [4.69, 9.17) is 0 Å². The van der Waals surface area contributed by atoms with E-state index in [0.717, 1.165) is 44.1 Å². The fourth-order valence-corrected chi connectivity index (χ4v) is 5.76. The van der Waals surface area contributed by atoms with Gasteiger partial charge in [0, 0.05) is 10.9 Å². The third-order valence-corrected chi connectivity index (χ3v) is 7.58. The number of carbonyl (C=O) groups is 3. The summed E-state index contributed by atoms with van der Waals surface area (Å²) in [5.74, 6) is -2.06. The second-order valence-corrected chi connectivity index (χ2v) is 9.56. The highest BCUT2D eigenvalue weighted by Gasteiger charge is 2.36. The summed E-state index contributed by atoms with van der Waals surface area (Å²) in [5.41, 5.74) is 1.68. The number of hydrogen-bond donors (Lipinski definition) is 3. The van der Waals surface area contributed by atoms with Crippen molar-refractivity contribution in [2.45, 2.75) is 64.3 Å².